The number of benzene rings is 1. The fraction of sp³-hybridized carbons (Fsp3) is 0.600. The zero-order chi connectivity index (χ0) is 12.9. The van der Waals surface area contributed by atoms with E-state index in [1.807, 2.05) is 18.2 Å². The van der Waals surface area contributed by atoms with E-state index in [2.05, 4.69) is 45.1 Å². The molecule has 2 nitrogen and oxygen atoms in total. The molecule has 0 aromatic heterocycles. The van der Waals surface area contributed by atoms with Crippen LogP contribution < -0.4 is 5.32 Å². The molecule has 2 N–H and O–H groups in total. The highest BCUT2D eigenvalue weighted by atomic mass is 16.3. The fourth-order valence-corrected chi connectivity index (χ4v) is 1.58. The molecule has 0 saturated heterocycles. The Morgan fingerprint density at radius 1 is 1.18 bits per heavy atom. The van der Waals surface area contributed by atoms with Gasteiger partial charge in [-0.2, -0.15) is 0 Å². The van der Waals surface area contributed by atoms with Crippen molar-refractivity contribution in [3.63, 3.8) is 0 Å². The first-order valence-corrected chi connectivity index (χ1v) is 6.35. The molecular formula is C15H25NO. The summed E-state index contributed by atoms with van der Waals surface area (Å²) in [5.41, 5.74) is 1.41. The zero-order valence-electron chi connectivity index (χ0n) is 11.4. The molecule has 0 aliphatic carbocycles. The van der Waals surface area contributed by atoms with E-state index in [1.54, 1.807) is 0 Å². The molecule has 17 heavy (non-hydrogen) atoms. The summed E-state index contributed by atoms with van der Waals surface area (Å²) >= 11 is 0. The third-order valence-corrected chi connectivity index (χ3v) is 3.27. The van der Waals surface area contributed by atoms with E-state index in [4.69, 9.17) is 0 Å². The highest BCUT2D eigenvalue weighted by Crippen LogP contribution is 2.18. The van der Waals surface area contributed by atoms with Crippen molar-refractivity contribution >= 4 is 0 Å². The molecule has 1 aromatic carbocycles. The van der Waals surface area contributed by atoms with Crippen LogP contribution in [0.1, 0.15) is 33.3 Å². The van der Waals surface area contributed by atoms with Crippen LogP contribution >= 0.6 is 0 Å². The van der Waals surface area contributed by atoms with Crippen LogP contribution in [0.15, 0.2) is 30.3 Å². The van der Waals surface area contributed by atoms with Crippen molar-refractivity contribution in [2.24, 2.45) is 5.41 Å². The topological polar surface area (TPSA) is 32.3 Å². The Bertz CT molecular complexity index is 315. The lowest BCUT2D eigenvalue weighted by atomic mass is 9.88. The van der Waals surface area contributed by atoms with E-state index >= 15 is 0 Å². The lowest BCUT2D eigenvalue weighted by molar-refractivity contribution is 0.156. The van der Waals surface area contributed by atoms with Gasteiger partial charge in [-0.05, 0) is 24.3 Å². The predicted molar refractivity (Wildman–Crippen MR) is 73.1 cm³/mol. The molecule has 2 heteroatoms. The van der Waals surface area contributed by atoms with Gasteiger partial charge in [0, 0.05) is 12.6 Å². The lowest BCUT2D eigenvalue weighted by Gasteiger charge is -2.29. The maximum Gasteiger partial charge on any atom is 0.0704 e. The van der Waals surface area contributed by atoms with Gasteiger partial charge in [0.25, 0.3) is 0 Å². The number of aliphatic hydroxyl groups excluding tert-OH is 1. The Kier molecular flexibility index (Phi) is 5.16. The van der Waals surface area contributed by atoms with Gasteiger partial charge in [-0.25, -0.2) is 0 Å². The van der Waals surface area contributed by atoms with Crippen molar-refractivity contribution in [2.75, 3.05) is 6.54 Å². The summed E-state index contributed by atoms with van der Waals surface area (Å²) in [4.78, 5) is 0. The molecule has 0 fully saturated rings. The van der Waals surface area contributed by atoms with Gasteiger partial charge in [-0.15, -0.1) is 0 Å². The van der Waals surface area contributed by atoms with Crippen molar-refractivity contribution in [2.45, 2.75) is 46.3 Å². The number of hydrogen-bond donors (Lipinski definition) is 2. The Balaban J connectivity index is 2.33. The molecule has 0 heterocycles. The highest BCUT2D eigenvalue weighted by Gasteiger charge is 2.20. The molecule has 0 amide bonds. The van der Waals surface area contributed by atoms with Crippen LogP contribution in [0.5, 0.6) is 0 Å². The van der Waals surface area contributed by atoms with Gasteiger partial charge in [0.15, 0.2) is 0 Å². The second-order valence-corrected chi connectivity index (χ2v) is 5.84. The first kappa shape index (κ1) is 14.2. The zero-order valence-corrected chi connectivity index (χ0v) is 11.4. The Morgan fingerprint density at radius 3 is 2.29 bits per heavy atom. The molecule has 0 aliphatic heterocycles. The number of nitrogens with one attached hydrogen (secondary N) is 1. The second-order valence-electron chi connectivity index (χ2n) is 5.84. The standard InChI is InChI=1S/C15H25NO/c1-12(15(2,3)4)16-11-14(17)10-13-8-6-5-7-9-13/h5-9,12,14,16-17H,10-11H2,1-4H3. The molecule has 2 atom stereocenters. The molecule has 96 valence electrons. The first-order chi connectivity index (χ1) is 7.89. The molecule has 0 spiro atoms. The third-order valence-electron chi connectivity index (χ3n) is 3.27. The van der Waals surface area contributed by atoms with E-state index in [9.17, 15) is 5.11 Å². The maximum absolute atomic E-state index is 9.95. The smallest absolute Gasteiger partial charge is 0.0704 e. The van der Waals surface area contributed by atoms with Gasteiger partial charge >= 0.3 is 0 Å². The van der Waals surface area contributed by atoms with Gasteiger partial charge in [0.05, 0.1) is 6.10 Å². The highest BCUT2D eigenvalue weighted by molar-refractivity contribution is 5.15. The van der Waals surface area contributed by atoms with Crippen LogP contribution in [0.4, 0.5) is 0 Å². The summed E-state index contributed by atoms with van der Waals surface area (Å²) in [7, 11) is 0. The average molecular weight is 235 g/mol. The average Bonchev–Trinajstić information content (AvgIpc) is 2.26. The summed E-state index contributed by atoms with van der Waals surface area (Å²) in [6.07, 6.45) is 0.396. The minimum absolute atomic E-state index is 0.229. The van der Waals surface area contributed by atoms with E-state index in [1.165, 1.54) is 5.56 Å². The van der Waals surface area contributed by atoms with Gasteiger partial charge < -0.3 is 10.4 Å². The van der Waals surface area contributed by atoms with Crippen molar-refractivity contribution < 1.29 is 5.11 Å². The van der Waals surface area contributed by atoms with Crippen LogP contribution in [-0.4, -0.2) is 23.8 Å². The SMILES string of the molecule is CC(NCC(O)Cc1ccccc1)C(C)(C)C. The summed E-state index contributed by atoms with van der Waals surface area (Å²) in [6.45, 7) is 9.42. The van der Waals surface area contributed by atoms with Gasteiger partial charge in [-0.3, -0.25) is 0 Å². The molecule has 0 saturated carbocycles. The van der Waals surface area contributed by atoms with Crippen molar-refractivity contribution in [3.8, 4) is 0 Å². The summed E-state index contributed by atoms with van der Waals surface area (Å²) in [5, 5.41) is 13.3. The van der Waals surface area contributed by atoms with Crippen LogP contribution in [0, 0.1) is 5.41 Å². The minimum Gasteiger partial charge on any atom is -0.391 e. The molecule has 0 aliphatic rings. The monoisotopic (exact) mass is 235 g/mol. The fourth-order valence-electron chi connectivity index (χ4n) is 1.58. The largest absolute Gasteiger partial charge is 0.391 e. The quantitative estimate of drug-likeness (QED) is 0.822. The lowest BCUT2D eigenvalue weighted by Crippen LogP contribution is -2.42. The molecular weight excluding hydrogens is 210 g/mol. The van der Waals surface area contributed by atoms with Gasteiger partial charge in [-0.1, -0.05) is 51.1 Å². The van der Waals surface area contributed by atoms with Crippen LogP contribution in [-0.2, 0) is 6.42 Å². The van der Waals surface area contributed by atoms with Crippen molar-refractivity contribution in [1.29, 1.82) is 0 Å². The van der Waals surface area contributed by atoms with Crippen molar-refractivity contribution in [1.82, 2.24) is 5.32 Å². The van der Waals surface area contributed by atoms with E-state index < -0.39 is 0 Å². The summed E-state index contributed by atoms with van der Waals surface area (Å²) in [6, 6.07) is 10.5. The van der Waals surface area contributed by atoms with Gasteiger partial charge in [0.2, 0.25) is 0 Å². The van der Waals surface area contributed by atoms with E-state index in [0.29, 0.717) is 19.0 Å². The normalized spacial score (nSPS) is 15.6. The Labute approximate surface area is 105 Å². The molecule has 1 aromatic rings. The summed E-state index contributed by atoms with van der Waals surface area (Å²) in [5.74, 6) is 0. The number of rotatable bonds is 5. The van der Waals surface area contributed by atoms with E-state index in [-0.39, 0.29) is 11.5 Å². The molecule has 0 bridgehead atoms. The first-order valence-electron chi connectivity index (χ1n) is 6.35. The predicted octanol–water partition coefficient (Wildman–Crippen LogP) is 2.61. The van der Waals surface area contributed by atoms with Gasteiger partial charge in [0.1, 0.15) is 0 Å². The molecule has 1 rings (SSSR count). The second kappa shape index (κ2) is 6.18. The summed E-state index contributed by atoms with van der Waals surface area (Å²) < 4.78 is 0. The number of hydrogen-bond acceptors (Lipinski definition) is 2. The van der Waals surface area contributed by atoms with E-state index in [0.717, 1.165) is 0 Å². The Hall–Kier alpha value is -0.860. The van der Waals surface area contributed by atoms with Crippen LogP contribution in [0.3, 0.4) is 0 Å². The van der Waals surface area contributed by atoms with Crippen molar-refractivity contribution in [3.05, 3.63) is 35.9 Å². The van der Waals surface area contributed by atoms with Crippen LogP contribution in [0.25, 0.3) is 0 Å². The third kappa shape index (κ3) is 5.33. The maximum atomic E-state index is 9.95. The molecule has 0 radical (unpaired) electrons. The molecule has 2 unspecified atom stereocenters. The van der Waals surface area contributed by atoms with Crippen LogP contribution in [0.2, 0.25) is 0 Å². The minimum atomic E-state index is -0.317. The number of aliphatic hydroxyl groups is 1. The Morgan fingerprint density at radius 2 is 1.76 bits per heavy atom.